The molecule has 1 aromatic heterocycles. The van der Waals surface area contributed by atoms with Crippen molar-refractivity contribution in [1.82, 2.24) is 4.57 Å². The lowest BCUT2D eigenvalue weighted by atomic mass is 9.81. The molecule has 1 heterocycles. The molecule has 0 unspecified atom stereocenters. The molecule has 0 N–H and O–H groups in total. The van der Waals surface area contributed by atoms with Gasteiger partial charge in [0, 0.05) is 18.8 Å². The van der Waals surface area contributed by atoms with Crippen LogP contribution in [0.4, 0.5) is 0 Å². The van der Waals surface area contributed by atoms with E-state index in [1.54, 1.807) is 16.8 Å². The molecule has 1 aliphatic rings. The predicted molar refractivity (Wildman–Crippen MR) is 57.3 cm³/mol. The average Bonchev–Trinajstić information content (AvgIpc) is 2.18. The molecule has 15 heavy (non-hydrogen) atoms. The number of nitriles is 1. The lowest BCUT2D eigenvalue weighted by Crippen LogP contribution is -2.27. The summed E-state index contributed by atoms with van der Waals surface area (Å²) in [6, 6.07) is 5.01. The van der Waals surface area contributed by atoms with Crippen LogP contribution in [0.2, 0.25) is 0 Å². The van der Waals surface area contributed by atoms with Crippen LogP contribution in [0.1, 0.15) is 18.4 Å². The van der Waals surface area contributed by atoms with Crippen LogP contribution >= 0.6 is 0 Å². The molecule has 2 rings (SSSR count). The molecule has 1 saturated carbocycles. The summed E-state index contributed by atoms with van der Waals surface area (Å²) in [6.45, 7) is 4.61. The van der Waals surface area contributed by atoms with E-state index < -0.39 is 0 Å². The fraction of sp³-hybridized carbons (Fsp3) is 0.333. The molecule has 1 aromatic rings. The van der Waals surface area contributed by atoms with Crippen molar-refractivity contribution < 1.29 is 0 Å². The monoisotopic (exact) mass is 200 g/mol. The maximum absolute atomic E-state index is 11.5. The van der Waals surface area contributed by atoms with Gasteiger partial charge in [0.15, 0.2) is 0 Å². The Bertz CT molecular complexity index is 485. The second-order valence-electron chi connectivity index (χ2n) is 4.04. The minimum atomic E-state index is -0.0911. The van der Waals surface area contributed by atoms with E-state index >= 15 is 0 Å². The van der Waals surface area contributed by atoms with Crippen LogP contribution in [0.5, 0.6) is 0 Å². The molecule has 76 valence electrons. The van der Waals surface area contributed by atoms with Gasteiger partial charge in [-0.3, -0.25) is 4.79 Å². The first-order valence-corrected chi connectivity index (χ1v) is 4.96. The highest BCUT2D eigenvalue weighted by Crippen LogP contribution is 2.32. The molecule has 3 heteroatoms. The zero-order valence-electron chi connectivity index (χ0n) is 8.44. The van der Waals surface area contributed by atoms with Crippen LogP contribution in [-0.4, -0.2) is 4.57 Å². The van der Waals surface area contributed by atoms with Crippen molar-refractivity contribution in [3.63, 3.8) is 0 Å². The van der Waals surface area contributed by atoms with Crippen molar-refractivity contribution in [1.29, 1.82) is 5.26 Å². The van der Waals surface area contributed by atoms with Gasteiger partial charge in [0.1, 0.15) is 0 Å². The van der Waals surface area contributed by atoms with Crippen molar-refractivity contribution in [2.24, 2.45) is 5.92 Å². The fourth-order valence-corrected chi connectivity index (χ4v) is 1.89. The maximum Gasteiger partial charge on any atom is 0.251 e. The second-order valence-corrected chi connectivity index (χ2v) is 4.04. The topological polar surface area (TPSA) is 45.8 Å². The van der Waals surface area contributed by atoms with Crippen LogP contribution in [0, 0.1) is 17.2 Å². The van der Waals surface area contributed by atoms with Crippen molar-refractivity contribution in [3.05, 3.63) is 46.4 Å². The number of pyridine rings is 1. The number of nitrogens with zero attached hydrogens (tertiary/aromatic N) is 2. The van der Waals surface area contributed by atoms with Gasteiger partial charge in [-0.1, -0.05) is 12.2 Å². The summed E-state index contributed by atoms with van der Waals surface area (Å²) in [4.78, 5) is 11.5. The largest absolute Gasteiger partial charge is 0.315 e. The summed E-state index contributed by atoms with van der Waals surface area (Å²) in [6.07, 6.45) is 3.74. The summed E-state index contributed by atoms with van der Waals surface area (Å²) in [5.41, 5.74) is 1.60. The Morgan fingerprint density at radius 3 is 2.87 bits per heavy atom. The van der Waals surface area contributed by atoms with Crippen LogP contribution in [0.25, 0.3) is 0 Å². The fourth-order valence-electron chi connectivity index (χ4n) is 1.89. The van der Waals surface area contributed by atoms with E-state index in [4.69, 9.17) is 5.26 Å². The van der Waals surface area contributed by atoms with Gasteiger partial charge in [0.25, 0.3) is 5.56 Å². The molecule has 0 radical (unpaired) electrons. The molecular weight excluding hydrogens is 188 g/mol. The Hall–Kier alpha value is -1.82. The molecule has 0 spiro atoms. The van der Waals surface area contributed by atoms with Crippen molar-refractivity contribution in [2.45, 2.75) is 19.4 Å². The first kappa shape index (κ1) is 9.72. The van der Waals surface area contributed by atoms with Crippen molar-refractivity contribution >= 4 is 0 Å². The third kappa shape index (κ3) is 1.99. The van der Waals surface area contributed by atoms with Gasteiger partial charge in [-0.05, 0) is 24.8 Å². The highest BCUT2D eigenvalue weighted by molar-refractivity contribution is 5.25. The molecule has 3 nitrogen and oxygen atoms in total. The molecule has 1 fully saturated rings. The zero-order chi connectivity index (χ0) is 10.8. The van der Waals surface area contributed by atoms with E-state index in [0.29, 0.717) is 11.5 Å². The Morgan fingerprint density at radius 1 is 1.60 bits per heavy atom. The van der Waals surface area contributed by atoms with E-state index in [1.807, 2.05) is 6.07 Å². The Balaban J connectivity index is 2.13. The average molecular weight is 200 g/mol. The van der Waals surface area contributed by atoms with Gasteiger partial charge >= 0.3 is 0 Å². The standard InChI is InChI=1S/C12H12N2O/c1-9-4-11(5-9)8-14-3-2-10(7-13)6-12(14)15/h2-3,6,11H,1,4-5,8H2. The molecule has 0 atom stereocenters. The van der Waals surface area contributed by atoms with Gasteiger partial charge in [-0.25, -0.2) is 0 Å². The van der Waals surface area contributed by atoms with Gasteiger partial charge in [-0.2, -0.15) is 5.26 Å². The number of hydrogen-bond donors (Lipinski definition) is 0. The molecule has 0 amide bonds. The van der Waals surface area contributed by atoms with E-state index in [2.05, 4.69) is 6.58 Å². The van der Waals surface area contributed by atoms with E-state index in [-0.39, 0.29) is 5.56 Å². The third-order valence-corrected chi connectivity index (χ3v) is 2.73. The van der Waals surface area contributed by atoms with Gasteiger partial charge in [0.05, 0.1) is 11.6 Å². The molecule has 0 bridgehead atoms. The number of aromatic nitrogens is 1. The van der Waals surface area contributed by atoms with Gasteiger partial charge in [0.2, 0.25) is 0 Å². The summed E-state index contributed by atoms with van der Waals surface area (Å²) < 4.78 is 1.66. The molecule has 0 aromatic carbocycles. The normalized spacial score (nSPS) is 15.8. The zero-order valence-corrected chi connectivity index (χ0v) is 8.44. The van der Waals surface area contributed by atoms with E-state index in [0.717, 1.165) is 19.4 Å². The SMILES string of the molecule is C=C1CC(Cn2ccc(C#N)cc2=O)C1. The second kappa shape index (κ2) is 3.74. The van der Waals surface area contributed by atoms with Crippen molar-refractivity contribution in [3.8, 4) is 6.07 Å². The molecular formula is C12H12N2O. The number of allylic oxidation sites excluding steroid dienone is 1. The first-order chi connectivity index (χ1) is 7.19. The summed E-state index contributed by atoms with van der Waals surface area (Å²) >= 11 is 0. The van der Waals surface area contributed by atoms with Gasteiger partial charge < -0.3 is 4.57 Å². The highest BCUT2D eigenvalue weighted by atomic mass is 16.1. The highest BCUT2D eigenvalue weighted by Gasteiger charge is 2.21. The third-order valence-electron chi connectivity index (χ3n) is 2.73. The van der Waals surface area contributed by atoms with E-state index in [1.165, 1.54) is 11.6 Å². The van der Waals surface area contributed by atoms with Crippen LogP contribution in [0.15, 0.2) is 35.3 Å². The van der Waals surface area contributed by atoms with Crippen LogP contribution < -0.4 is 5.56 Å². The maximum atomic E-state index is 11.5. The van der Waals surface area contributed by atoms with Crippen LogP contribution in [0.3, 0.4) is 0 Å². The molecule has 0 saturated heterocycles. The quantitative estimate of drug-likeness (QED) is 0.682. The molecule has 0 aliphatic heterocycles. The Morgan fingerprint density at radius 2 is 2.33 bits per heavy atom. The van der Waals surface area contributed by atoms with E-state index in [9.17, 15) is 4.79 Å². The summed E-state index contributed by atoms with van der Waals surface area (Å²) in [5, 5.41) is 8.62. The first-order valence-electron chi connectivity index (χ1n) is 4.96. The van der Waals surface area contributed by atoms with Gasteiger partial charge in [-0.15, -0.1) is 0 Å². The minimum absolute atomic E-state index is 0.0911. The Labute approximate surface area is 88.3 Å². The van der Waals surface area contributed by atoms with Crippen LogP contribution in [-0.2, 0) is 6.54 Å². The molecule has 1 aliphatic carbocycles. The predicted octanol–water partition coefficient (Wildman–Crippen LogP) is 1.69. The van der Waals surface area contributed by atoms with Crippen molar-refractivity contribution in [2.75, 3.05) is 0 Å². The lowest BCUT2D eigenvalue weighted by molar-refractivity contribution is 0.356. The minimum Gasteiger partial charge on any atom is -0.315 e. The summed E-state index contributed by atoms with van der Waals surface area (Å²) in [5.74, 6) is 0.545. The number of rotatable bonds is 2. The lowest BCUT2D eigenvalue weighted by Gasteiger charge is -2.28. The Kier molecular flexibility index (Phi) is 2.42. The summed E-state index contributed by atoms with van der Waals surface area (Å²) in [7, 11) is 0. The number of hydrogen-bond acceptors (Lipinski definition) is 2. The smallest absolute Gasteiger partial charge is 0.251 e.